The van der Waals surface area contributed by atoms with Gasteiger partial charge in [0.2, 0.25) is 0 Å². The van der Waals surface area contributed by atoms with E-state index in [-0.39, 0.29) is 17.4 Å². The zero-order valence-electron chi connectivity index (χ0n) is 17.0. The maximum atomic E-state index is 12.6. The molecule has 1 N–H and O–H groups in total. The summed E-state index contributed by atoms with van der Waals surface area (Å²) in [5.74, 6) is 0.356. The molecule has 0 bridgehead atoms. The number of allylic oxidation sites excluding steroid dienone is 1. The molecule has 4 atom stereocenters. The molecule has 1 aromatic rings. The van der Waals surface area contributed by atoms with Crippen LogP contribution in [0.2, 0.25) is 0 Å². The topological polar surface area (TPSA) is 46.5 Å². The molecule has 0 spiro atoms. The molecule has 1 aromatic carbocycles. The molecule has 0 radical (unpaired) electrons. The van der Waals surface area contributed by atoms with Crippen LogP contribution in [0.5, 0.6) is 0 Å². The quantitative estimate of drug-likeness (QED) is 0.555. The number of carbonyl (C=O) groups excluding carboxylic acids is 1. The number of esters is 1. The summed E-state index contributed by atoms with van der Waals surface area (Å²) in [5.41, 5.74) is 2.39. The van der Waals surface area contributed by atoms with Crippen LogP contribution in [0.15, 0.2) is 42.0 Å². The number of carbonyl (C=O) groups is 1. The Morgan fingerprint density at radius 1 is 1.26 bits per heavy atom. The van der Waals surface area contributed by atoms with Crippen LogP contribution in [-0.2, 0) is 14.9 Å². The van der Waals surface area contributed by atoms with Crippen LogP contribution in [0.3, 0.4) is 0 Å². The molecule has 3 heteroatoms. The molecule has 2 aliphatic rings. The van der Waals surface area contributed by atoms with Crippen molar-refractivity contribution in [3.05, 3.63) is 47.5 Å². The molecular weight excluding hydrogens is 336 g/mol. The van der Waals surface area contributed by atoms with Crippen LogP contribution in [0.1, 0.15) is 71.3 Å². The monoisotopic (exact) mass is 370 g/mol. The van der Waals surface area contributed by atoms with Gasteiger partial charge in [0.1, 0.15) is 6.10 Å². The predicted octanol–water partition coefficient (Wildman–Crippen LogP) is 5.17. The summed E-state index contributed by atoms with van der Waals surface area (Å²) in [6, 6.07) is 10.5. The van der Waals surface area contributed by atoms with Gasteiger partial charge >= 0.3 is 5.97 Å². The third-order valence-electron chi connectivity index (χ3n) is 6.63. The first-order valence-electron chi connectivity index (χ1n) is 10.5. The smallest absolute Gasteiger partial charge is 0.335 e. The number of benzene rings is 1. The second-order valence-corrected chi connectivity index (χ2v) is 9.06. The van der Waals surface area contributed by atoms with Gasteiger partial charge in [-0.3, -0.25) is 0 Å². The van der Waals surface area contributed by atoms with Crippen molar-refractivity contribution in [2.45, 2.75) is 83.3 Å². The summed E-state index contributed by atoms with van der Waals surface area (Å²) in [6.45, 7) is 6.74. The molecule has 0 aliphatic heterocycles. The maximum absolute atomic E-state index is 12.6. The lowest BCUT2D eigenvalue weighted by molar-refractivity contribution is -0.166. The van der Waals surface area contributed by atoms with Gasteiger partial charge in [-0.2, -0.15) is 0 Å². The lowest BCUT2D eigenvalue weighted by atomic mass is 9.64. The van der Waals surface area contributed by atoms with Gasteiger partial charge in [0, 0.05) is 12.3 Å². The highest BCUT2D eigenvalue weighted by molar-refractivity contribution is 5.75. The van der Waals surface area contributed by atoms with E-state index in [0.29, 0.717) is 12.3 Å². The van der Waals surface area contributed by atoms with E-state index in [2.05, 4.69) is 51.1 Å². The van der Waals surface area contributed by atoms with Gasteiger partial charge in [0.25, 0.3) is 0 Å². The third kappa shape index (κ3) is 4.82. The lowest BCUT2D eigenvalue weighted by Gasteiger charge is -2.44. The SMILES string of the molecule is C[C@@H]1CC[C@@H](C(C)(C)c2ccccc2)[C@H](OC(=O)[C@H](O)CC2=CCCC2)C1. The van der Waals surface area contributed by atoms with E-state index in [1.54, 1.807) is 0 Å². The van der Waals surface area contributed by atoms with Gasteiger partial charge in [-0.25, -0.2) is 4.79 Å². The van der Waals surface area contributed by atoms with E-state index < -0.39 is 12.1 Å². The van der Waals surface area contributed by atoms with Crippen molar-refractivity contribution in [3.63, 3.8) is 0 Å². The normalized spacial score (nSPS) is 27.1. The number of ether oxygens (including phenoxy) is 1. The molecule has 1 fully saturated rings. The van der Waals surface area contributed by atoms with Crippen molar-refractivity contribution in [2.24, 2.45) is 11.8 Å². The number of rotatable bonds is 6. The lowest BCUT2D eigenvalue weighted by Crippen LogP contribution is -2.44. The van der Waals surface area contributed by atoms with Crippen molar-refractivity contribution < 1.29 is 14.6 Å². The fourth-order valence-corrected chi connectivity index (χ4v) is 4.85. The van der Waals surface area contributed by atoms with E-state index in [9.17, 15) is 9.90 Å². The Morgan fingerprint density at radius 3 is 2.67 bits per heavy atom. The standard InChI is InChI=1S/C24H34O3/c1-17-13-14-20(24(2,3)19-11-5-4-6-12-19)22(15-17)27-23(26)21(25)16-18-9-7-8-10-18/h4-6,9,11-12,17,20-22,25H,7-8,10,13-16H2,1-3H3/t17-,20-,21-,22-/m1/s1. The molecule has 0 saturated heterocycles. The fourth-order valence-electron chi connectivity index (χ4n) is 4.85. The molecule has 1 saturated carbocycles. The van der Waals surface area contributed by atoms with Crippen LogP contribution in [0.4, 0.5) is 0 Å². The van der Waals surface area contributed by atoms with Gasteiger partial charge in [0.05, 0.1) is 0 Å². The molecule has 148 valence electrons. The molecular formula is C24H34O3. The van der Waals surface area contributed by atoms with Crippen molar-refractivity contribution in [1.29, 1.82) is 0 Å². The minimum atomic E-state index is -1.04. The number of aliphatic hydroxyl groups excluding tert-OH is 1. The number of hydrogen-bond acceptors (Lipinski definition) is 3. The first kappa shape index (κ1) is 20.1. The van der Waals surface area contributed by atoms with E-state index in [1.165, 1.54) is 11.1 Å². The first-order valence-corrected chi connectivity index (χ1v) is 10.5. The van der Waals surface area contributed by atoms with Crippen LogP contribution in [-0.4, -0.2) is 23.3 Å². The zero-order valence-corrected chi connectivity index (χ0v) is 17.0. The second-order valence-electron chi connectivity index (χ2n) is 9.06. The average molecular weight is 371 g/mol. The van der Waals surface area contributed by atoms with E-state index in [1.807, 2.05) is 6.07 Å². The zero-order chi connectivity index (χ0) is 19.4. The van der Waals surface area contributed by atoms with E-state index in [4.69, 9.17) is 4.74 Å². The highest BCUT2D eigenvalue weighted by Gasteiger charge is 2.42. The van der Waals surface area contributed by atoms with Gasteiger partial charge in [-0.1, -0.05) is 69.2 Å². The van der Waals surface area contributed by atoms with Crippen LogP contribution >= 0.6 is 0 Å². The molecule has 0 heterocycles. The van der Waals surface area contributed by atoms with E-state index in [0.717, 1.165) is 38.5 Å². The molecule has 3 nitrogen and oxygen atoms in total. The van der Waals surface area contributed by atoms with Crippen molar-refractivity contribution >= 4 is 5.97 Å². The Morgan fingerprint density at radius 2 is 2.00 bits per heavy atom. The molecule has 0 amide bonds. The highest BCUT2D eigenvalue weighted by Crippen LogP contribution is 2.43. The van der Waals surface area contributed by atoms with Crippen molar-refractivity contribution in [1.82, 2.24) is 0 Å². The molecule has 27 heavy (non-hydrogen) atoms. The third-order valence-corrected chi connectivity index (χ3v) is 6.63. The number of hydrogen-bond donors (Lipinski definition) is 1. The van der Waals surface area contributed by atoms with Gasteiger partial charge < -0.3 is 9.84 Å². The largest absolute Gasteiger partial charge is 0.460 e. The van der Waals surface area contributed by atoms with E-state index >= 15 is 0 Å². The fraction of sp³-hybridized carbons (Fsp3) is 0.625. The Bertz CT molecular complexity index is 661. The van der Waals surface area contributed by atoms with Crippen LogP contribution in [0, 0.1) is 11.8 Å². The van der Waals surface area contributed by atoms with Crippen molar-refractivity contribution in [2.75, 3.05) is 0 Å². The Balaban J connectivity index is 1.71. The maximum Gasteiger partial charge on any atom is 0.335 e. The highest BCUT2D eigenvalue weighted by atomic mass is 16.6. The molecule has 2 aliphatic carbocycles. The summed E-state index contributed by atoms with van der Waals surface area (Å²) in [4.78, 5) is 12.6. The second kappa shape index (κ2) is 8.60. The average Bonchev–Trinajstić information content (AvgIpc) is 3.15. The van der Waals surface area contributed by atoms with Crippen molar-refractivity contribution in [3.8, 4) is 0 Å². The van der Waals surface area contributed by atoms with Crippen LogP contribution in [0.25, 0.3) is 0 Å². The Hall–Kier alpha value is -1.61. The first-order chi connectivity index (χ1) is 12.9. The molecule has 0 unspecified atom stereocenters. The summed E-state index contributed by atoms with van der Waals surface area (Å²) < 4.78 is 5.94. The summed E-state index contributed by atoms with van der Waals surface area (Å²) in [7, 11) is 0. The Kier molecular flexibility index (Phi) is 6.41. The molecule has 3 rings (SSSR count). The Labute approximate surface area is 163 Å². The summed E-state index contributed by atoms with van der Waals surface area (Å²) in [5, 5.41) is 10.4. The summed E-state index contributed by atoms with van der Waals surface area (Å²) >= 11 is 0. The van der Waals surface area contributed by atoms with Crippen LogP contribution < -0.4 is 0 Å². The number of aliphatic hydroxyl groups is 1. The van der Waals surface area contributed by atoms with Gasteiger partial charge in [-0.05, 0) is 49.0 Å². The van der Waals surface area contributed by atoms with Gasteiger partial charge in [0.15, 0.2) is 6.10 Å². The minimum absolute atomic E-state index is 0.0781. The minimum Gasteiger partial charge on any atom is -0.460 e. The summed E-state index contributed by atoms with van der Waals surface area (Å²) in [6.07, 6.45) is 7.67. The molecule has 0 aromatic heterocycles. The predicted molar refractivity (Wildman–Crippen MR) is 108 cm³/mol. The van der Waals surface area contributed by atoms with Gasteiger partial charge in [-0.15, -0.1) is 0 Å².